The van der Waals surface area contributed by atoms with E-state index in [4.69, 9.17) is 0 Å². The number of hydrogen-bond donors (Lipinski definition) is 1. The first-order valence-corrected chi connectivity index (χ1v) is 8.03. The summed E-state index contributed by atoms with van der Waals surface area (Å²) in [6.07, 6.45) is 13.5. The highest BCUT2D eigenvalue weighted by molar-refractivity contribution is 5.27. The van der Waals surface area contributed by atoms with Crippen molar-refractivity contribution in [2.75, 3.05) is 6.54 Å². The molecule has 106 valence electrons. The van der Waals surface area contributed by atoms with Gasteiger partial charge in [0, 0.05) is 18.4 Å². The fraction of sp³-hybridized carbons (Fsp3) is 0.706. The largest absolute Gasteiger partial charge is 0.310 e. The third kappa shape index (κ3) is 3.79. The Hall–Kier alpha value is -0.890. The van der Waals surface area contributed by atoms with Gasteiger partial charge in [-0.2, -0.15) is 0 Å². The Morgan fingerprint density at radius 3 is 2.58 bits per heavy atom. The van der Waals surface area contributed by atoms with Crippen molar-refractivity contribution in [3.8, 4) is 0 Å². The minimum absolute atomic E-state index is 0.529. The summed E-state index contributed by atoms with van der Waals surface area (Å²) in [7, 11) is 0. The van der Waals surface area contributed by atoms with E-state index in [2.05, 4.69) is 36.4 Å². The summed E-state index contributed by atoms with van der Waals surface area (Å²) in [6.45, 7) is 5.50. The van der Waals surface area contributed by atoms with E-state index in [0.29, 0.717) is 6.04 Å². The second-order valence-corrected chi connectivity index (χ2v) is 5.72. The van der Waals surface area contributed by atoms with Crippen LogP contribution in [0.1, 0.15) is 69.5 Å². The van der Waals surface area contributed by atoms with Crippen LogP contribution in [0.5, 0.6) is 0 Å². The molecule has 1 atom stereocenters. The molecule has 19 heavy (non-hydrogen) atoms. The maximum Gasteiger partial charge on any atom is 0.0352 e. The van der Waals surface area contributed by atoms with E-state index in [1.807, 2.05) is 6.20 Å². The number of nitrogens with zero attached hydrogens (tertiary/aromatic N) is 1. The Bertz CT molecular complexity index is 367. The summed E-state index contributed by atoms with van der Waals surface area (Å²) in [6, 6.07) is 2.76. The monoisotopic (exact) mass is 260 g/mol. The van der Waals surface area contributed by atoms with Gasteiger partial charge in [-0.15, -0.1) is 0 Å². The Balaban J connectivity index is 2.22. The van der Waals surface area contributed by atoms with Crippen LogP contribution in [-0.2, 0) is 6.42 Å². The Morgan fingerprint density at radius 2 is 1.95 bits per heavy atom. The summed E-state index contributed by atoms with van der Waals surface area (Å²) >= 11 is 0. The van der Waals surface area contributed by atoms with Gasteiger partial charge in [0.1, 0.15) is 0 Å². The SMILES string of the molecule is CCNC(c1ccncc1CC)C1CCCCCC1. The number of rotatable bonds is 5. The normalized spacial score (nSPS) is 19.1. The minimum Gasteiger partial charge on any atom is -0.310 e. The lowest BCUT2D eigenvalue weighted by Gasteiger charge is -2.29. The summed E-state index contributed by atoms with van der Waals surface area (Å²) in [5, 5.41) is 3.74. The van der Waals surface area contributed by atoms with Crippen LogP contribution in [-0.4, -0.2) is 11.5 Å². The number of pyridine rings is 1. The average molecular weight is 260 g/mol. The molecule has 0 aromatic carbocycles. The molecule has 2 nitrogen and oxygen atoms in total. The van der Waals surface area contributed by atoms with Gasteiger partial charge in [0.05, 0.1) is 0 Å². The number of hydrogen-bond acceptors (Lipinski definition) is 2. The molecule has 0 radical (unpaired) electrons. The third-order valence-corrected chi connectivity index (χ3v) is 4.45. The van der Waals surface area contributed by atoms with Crippen LogP contribution in [0.25, 0.3) is 0 Å². The molecule has 0 saturated heterocycles. The topological polar surface area (TPSA) is 24.9 Å². The molecule has 0 bridgehead atoms. The van der Waals surface area contributed by atoms with Crippen LogP contribution >= 0.6 is 0 Å². The lowest BCUT2D eigenvalue weighted by molar-refractivity contribution is 0.328. The van der Waals surface area contributed by atoms with Gasteiger partial charge in [0.2, 0.25) is 0 Å². The summed E-state index contributed by atoms with van der Waals surface area (Å²) < 4.78 is 0. The highest BCUT2D eigenvalue weighted by Crippen LogP contribution is 2.34. The molecular formula is C17H28N2. The molecule has 0 aliphatic heterocycles. The van der Waals surface area contributed by atoms with Crippen molar-refractivity contribution in [1.29, 1.82) is 0 Å². The molecule has 1 aliphatic carbocycles. The van der Waals surface area contributed by atoms with Crippen molar-refractivity contribution in [2.45, 2.75) is 64.8 Å². The standard InChI is InChI=1S/C17H28N2/c1-3-14-13-18-12-11-16(14)17(19-4-2)15-9-7-5-6-8-10-15/h11-13,15,17,19H,3-10H2,1-2H3. The lowest BCUT2D eigenvalue weighted by atomic mass is 9.85. The van der Waals surface area contributed by atoms with Gasteiger partial charge in [-0.05, 0) is 48.9 Å². The average Bonchev–Trinajstić information content (AvgIpc) is 2.74. The molecule has 2 heteroatoms. The van der Waals surface area contributed by atoms with Crippen molar-refractivity contribution >= 4 is 0 Å². The zero-order valence-electron chi connectivity index (χ0n) is 12.5. The molecule has 1 aliphatic rings. The van der Waals surface area contributed by atoms with E-state index in [0.717, 1.165) is 18.9 Å². The van der Waals surface area contributed by atoms with Gasteiger partial charge < -0.3 is 5.32 Å². The first-order valence-electron chi connectivity index (χ1n) is 8.03. The van der Waals surface area contributed by atoms with Crippen LogP contribution in [0.3, 0.4) is 0 Å². The maximum atomic E-state index is 4.29. The zero-order chi connectivity index (χ0) is 13.5. The van der Waals surface area contributed by atoms with Crippen molar-refractivity contribution in [2.24, 2.45) is 5.92 Å². The molecule has 1 saturated carbocycles. The molecule has 1 aromatic heterocycles. The van der Waals surface area contributed by atoms with Crippen molar-refractivity contribution in [3.63, 3.8) is 0 Å². The van der Waals surface area contributed by atoms with E-state index in [1.165, 1.54) is 49.7 Å². The van der Waals surface area contributed by atoms with Gasteiger partial charge in [-0.3, -0.25) is 4.98 Å². The maximum absolute atomic E-state index is 4.29. The van der Waals surface area contributed by atoms with Gasteiger partial charge in [0.25, 0.3) is 0 Å². The van der Waals surface area contributed by atoms with E-state index in [9.17, 15) is 0 Å². The zero-order valence-corrected chi connectivity index (χ0v) is 12.5. The first-order chi connectivity index (χ1) is 9.36. The quantitative estimate of drug-likeness (QED) is 0.800. The minimum atomic E-state index is 0.529. The van der Waals surface area contributed by atoms with Gasteiger partial charge >= 0.3 is 0 Å². The summed E-state index contributed by atoms with van der Waals surface area (Å²) in [5.41, 5.74) is 2.91. The molecule has 2 rings (SSSR count). The number of aryl methyl sites for hydroxylation is 1. The highest BCUT2D eigenvalue weighted by Gasteiger charge is 2.24. The van der Waals surface area contributed by atoms with Crippen molar-refractivity contribution in [1.82, 2.24) is 10.3 Å². The molecule has 1 heterocycles. The third-order valence-electron chi connectivity index (χ3n) is 4.45. The van der Waals surface area contributed by atoms with Crippen molar-refractivity contribution < 1.29 is 0 Å². The fourth-order valence-electron chi connectivity index (χ4n) is 3.43. The molecular weight excluding hydrogens is 232 g/mol. The van der Waals surface area contributed by atoms with Crippen LogP contribution in [0, 0.1) is 5.92 Å². The summed E-state index contributed by atoms with van der Waals surface area (Å²) in [5.74, 6) is 0.801. The van der Waals surface area contributed by atoms with Crippen LogP contribution < -0.4 is 5.32 Å². The Labute approximate surface area is 118 Å². The molecule has 1 unspecified atom stereocenters. The molecule has 0 amide bonds. The molecule has 1 N–H and O–H groups in total. The van der Waals surface area contributed by atoms with Gasteiger partial charge in [-0.1, -0.05) is 39.5 Å². The number of aromatic nitrogens is 1. The van der Waals surface area contributed by atoms with Crippen LogP contribution in [0.15, 0.2) is 18.5 Å². The number of nitrogens with one attached hydrogen (secondary N) is 1. The molecule has 1 aromatic rings. The fourth-order valence-corrected chi connectivity index (χ4v) is 3.43. The Kier molecular flexibility index (Phi) is 5.84. The second-order valence-electron chi connectivity index (χ2n) is 5.72. The Morgan fingerprint density at radius 1 is 1.21 bits per heavy atom. The van der Waals surface area contributed by atoms with Crippen molar-refractivity contribution in [3.05, 3.63) is 29.6 Å². The van der Waals surface area contributed by atoms with E-state index in [-0.39, 0.29) is 0 Å². The lowest BCUT2D eigenvalue weighted by Crippen LogP contribution is -2.29. The van der Waals surface area contributed by atoms with Crippen LogP contribution in [0.2, 0.25) is 0 Å². The predicted molar refractivity (Wildman–Crippen MR) is 81.2 cm³/mol. The second kappa shape index (κ2) is 7.64. The highest BCUT2D eigenvalue weighted by atomic mass is 14.9. The molecule has 1 fully saturated rings. The predicted octanol–water partition coefficient (Wildman–Crippen LogP) is 4.27. The van der Waals surface area contributed by atoms with Crippen LogP contribution in [0.4, 0.5) is 0 Å². The van der Waals surface area contributed by atoms with E-state index >= 15 is 0 Å². The summed E-state index contributed by atoms with van der Waals surface area (Å²) in [4.78, 5) is 4.29. The smallest absolute Gasteiger partial charge is 0.0352 e. The van der Waals surface area contributed by atoms with Gasteiger partial charge in [0.15, 0.2) is 0 Å². The first kappa shape index (κ1) is 14.5. The molecule has 0 spiro atoms. The van der Waals surface area contributed by atoms with E-state index in [1.54, 1.807) is 0 Å². The van der Waals surface area contributed by atoms with E-state index < -0.39 is 0 Å². The van der Waals surface area contributed by atoms with Gasteiger partial charge in [-0.25, -0.2) is 0 Å².